The number of nitrogens with zero attached hydrogens (tertiary/aromatic N) is 4. The molecule has 16 heteroatoms. The second-order valence-corrected chi connectivity index (χ2v) is 12.6. The maximum absolute atomic E-state index is 14.0. The Bertz CT molecular complexity index is 1140. The Hall–Kier alpha value is -2.16. The van der Waals surface area contributed by atoms with Crippen LogP contribution in [0.4, 0.5) is 10.3 Å². The number of imidazole rings is 1. The maximum atomic E-state index is 14.0. The van der Waals surface area contributed by atoms with Gasteiger partial charge in [-0.1, -0.05) is 32.5 Å². The Morgan fingerprint density at radius 2 is 1.90 bits per heavy atom. The minimum absolute atomic E-state index is 0.00150. The Labute approximate surface area is 245 Å². The van der Waals surface area contributed by atoms with E-state index in [4.69, 9.17) is 29.0 Å². The zero-order chi connectivity index (χ0) is 30.7. The van der Waals surface area contributed by atoms with Crippen molar-refractivity contribution in [3.05, 3.63) is 6.33 Å². The van der Waals surface area contributed by atoms with Crippen LogP contribution in [0.15, 0.2) is 6.33 Å². The highest BCUT2D eigenvalue weighted by molar-refractivity contribution is 8.13. The number of carbonyl (C=O) groups excluding carboxylic acids is 2. The molecule has 0 bridgehead atoms. The minimum atomic E-state index is -1.86. The van der Waals surface area contributed by atoms with E-state index in [1.54, 1.807) is 32.3 Å². The predicted octanol–water partition coefficient (Wildman–Crippen LogP) is 4.18. The summed E-state index contributed by atoms with van der Waals surface area (Å²) in [7, 11) is -1.86. The number of halogens is 1. The first-order chi connectivity index (χ1) is 19.3. The van der Waals surface area contributed by atoms with Crippen LogP contribution in [0.1, 0.15) is 61.6 Å². The standard InChI is InChI=1S/C25H42FN6O7PS/c1-9-35-21-19-20(29-24(27)30-21)32(14-28-19)17(5)39-18(12-26)13-37-40(31-16(4)22(33)38-15(2)3)36-10-11-41-23(34)25(6,7)8/h14-18,31H,9-13H2,1-8H3,(H2,27,29,30)/t16?,17?,18?,40-/m0/s1. The van der Waals surface area contributed by atoms with E-state index >= 15 is 0 Å². The number of fused-ring (bicyclic) bond motifs is 1. The van der Waals surface area contributed by atoms with Gasteiger partial charge in [0.1, 0.15) is 25.0 Å². The first-order valence-corrected chi connectivity index (χ1v) is 15.5. The van der Waals surface area contributed by atoms with Gasteiger partial charge in [0.05, 0.1) is 32.3 Å². The number of nitrogens with two attached hydrogens (primary N) is 1. The van der Waals surface area contributed by atoms with E-state index in [-0.39, 0.29) is 36.3 Å². The molecule has 0 radical (unpaired) electrons. The third-order valence-electron chi connectivity index (χ3n) is 5.16. The lowest BCUT2D eigenvalue weighted by Crippen LogP contribution is -2.35. The summed E-state index contributed by atoms with van der Waals surface area (Å²) in [5, 5.41) is 2.99. The van der Waals surface area contributed by atoms with Gasteiger partial charge in [-0.15, -0.1) is 0 Å². The first-order valence-electron chi connectivity index (χ1n) is 13.3. The molecule has 3 unspecified atom stereocenters. The number of aromatic nitrogens is 4. The summed E-state index contributed by atoms with van der Waals surface area (Å²) in [5.74, 6) is 0.144. The van der Waals surface area contributed by atoms with Crippen LogP contribution < -0.4 is 15.6 Å². The fraction of sp³-hybridized carbons (Fsp3) is 0.720. The molecule has 0 saturated carbocycles. The normalized spacial score (nSPS) is 15.1. The average Bonchev–Trinajstić information content (AvgIpc) is 3.31. The van der Waals surface area contributed by atoms with Crippen LogP contribution >= 0.6 is 20.3 Å². The fourth-order valence-electron chi connectivity index (χ4n) is 3.15. The van der Waals surface area contributed by atoms with Crippen LogP contribution in [-0.4, -0.2) is 81.1 Å². The second kappa shape index (κ2) is 16.5. The van der Waals surface area contributed by atoms with E-state index in [0.29, 0.717) is 23.5 Å². The molecule has 0 saturated heterocycles. The number of alkyl halides is 1. The van der Waals surface area contributed by atoms with Gasteiger partial charge in [-0.3, -0.25) is 14.2 Å². The van der Waals surface area contributed by atoms with Crippen LogP contribution in [0.3, 0.4) is 0 Å². The smallest absolute Gasteiger partial charge is 0.323 e. The molecule has 0 aliphatic carbocycles. The van der Waals surface area contributed by atoms with E-state index in [1.807, 2.05) is 27.7 Å². The molecule has 2 aromatic heterocycles. The van der Waals surface area contributed by atoms with Gasteiger partial charge in [-0.05, 0) is 34.6 Å². The molecule has 232 valence electrons. The molecular weight excluding hydrogens is 578 g/mol. The summed E-state index contributed by atoms with van der Waals surface area (Å²) in [5.41, 5.74) is 6.12. The SMILES string of the molecule is CCOc1nc(N)nc2c1ncn2C(C)OC(CF)CO[P@@](NC(C)C(=O)OC(C)C)OCCSC(=O)C(C)(C)C. The summed E-state index contributed by atoms with van der Waals surface area (Å²) < 4.78 is 43.9. The lowest BCUT2D eigenvalue weighted by atomic mass is 10.00. The predicted molar refractivity (Wildman–Crippen MR) is 156 cm³/mol. The molecule has 0 amide bonds. The lowest BCUT2D eigenvalue weighted by molar-refractivity contribution is -0.149. The van der Waals surface area contributed by atoms with Crippen molar-refractivity contribution in [2.75, 3.05) is 38.0 Å². The van der Waals surface area contributed by atoms with E-state index < -0.39 is 45.0 Å². The van der Waals surface area contributed by atoms with Crippen molar-refractivity contribution in [3.8, 4) is 5.88 Å². The Morgan fingerprint density at radius 1 is 1.20 bits per heavy atom. The molecule has 2 rings (SSSR count). The molecule has 0 fully saturated rings. The molecule has 2 heterocycles. The molecule has 0 aromatic carbocycles. The molecule has 41 heavy (non-hydrogen) atoms. The van der Waals surface area contributed by atoms with Crippen LogP contribution in [0.5, 0.6) is 5.88 Å². The zero-order valence-corrected chi connectivity index (χ0v) is 26.6. The van der Waals surface area contributed by atoms with E-state index in [0.717, 1.165) is 11.8 Å². The number of esters is 1. The van der Waals surface area contributed by atoms with Crippen LogP contribution in [0, 0.1) is 5.41 Å². The minimum Gasteiger partial charge on any atom is -0.476 e. The number of rotatable bonds is 17. The zero-order valence-electron chi connectivity index (χ0n) is 24.9. The Kier molecular flexibility index (Phi) is 14.1. The molecule has 4 atom stereocenters. The quantitative estimate of drug-likeness (QED) is 0.147. The molecule has 2 aromatic rings. The number of hydrogen-bond donors (Lipinski definition) is 2. The lowest BCUT2D eigenvalue weighted by Gasteiger charge is -2.25. The Balaban J connectivity index is 2.06. The number of nitrogen functional groups attached to an aromatic ring is 1. The van der Waals surface area contributed by atoms with Gasteiger partial charge >= 0.3 is 5.97 Å². The molecule has 0 spiro atoms. The molecule has 13 nitrogen and oxygen atoms in total. The maximum Gasteiger partial charge on any atom is 0.323 e. The summed E-state index contributed by atoms with van der Waals surface area (Å²) >= 11 is 1.15. The van der Waals surface area contributed by atoms with Crippen molar-refractivity contribution < 1.29 is 37.2 Å². The van der Waals surface area contributed by atoms with Crippen molar-refractivity contribution in [1.82, 2.24) is 24.6 Å². The molecule has 0 aliphatic rings. The highest BCUT2D eigenvalue weighted by Gasteiger charge is 2.26. The summed E-state index contributed by atoms with van der Waals surface area (Å²) in [6.07, 6.45) is -0.501. The van der Waals surface area contributed by atoms with Gasteiger partial charge in [0.2, 0.25) is 11.8 Å². The third kappa shape index (κ3) is 11.2. The highest BCUT2D eigenvalue weighted by Crippen LogP contribution is 2.36. The summed E-state index contributed by atoms with van der Waals surface area (Å²) in [6, 6.07) is -0.752. The first kappa shape index (κ1) is 35.0. The van der Waals surface area contributed by atoms with E-state index in [1.165, 1.54) is 6.33 Å². The molecule has 0 aliphatic heterocycles. The number of anilines is 1. The third-order valence-corrected chi connectivity index (χ3v) is 7.80. The van der Waals surface area contributed by atoms with Crippen molar-refractivity contribution >= 4 is 48.5 Å². The van der Waals surface area contributed by atoms with Gasteiger partial charge in [0, 0.05) is 11.2 Å². The topological polar surface area (TPSA) is 162 Å². The molecular formula is C25H42FN6O7PS. The monoisotopic (exact) mass is 620 g/mol. The number of carbonyl (C=O) groups is 2. The second-order valence-electron chi connectivity index (χ2n) is 10.3. The van der Waals surface area contributed by atoms with Crippen molar-refractivity contribution in [2.45, 2.75) is 79.9 Å². The number of thioether (sulfide) groups is 1. The van der Waals surface area contributed by atoms with Crippen molar-refractivity contribution in [3.63, 3.8) is 0 Å². The van der Waals surface area contributed by atoms with Gasteiger partial charge < -0.3 is 29.0 Å². The molecule has 3 N–H and O–H groups in total. The van der Waals surface area contributed by atoms with Gasteiger partial charge in [0.25, 0.3) is 8.53 Å². The van der Waals surface area contributed by atoms with Crippen LogP contribution in [0.25, 0.3) is 11.2 Å². The Morgan fingerprint density at radius 3 is 2.51 bits per heavy atom. The van der Waals surface area contributed by atoms with E-state index in [2.05, 4.69) is 20.0 Å². The van der Waals surface area contributed by atoms with Crippen LogP contribution in [0.2, 0.25) is 0 Å². The average molecular weight is 621 g/mol. The number of ether oxygens (including phenoxy) is 3. The summed E-state index contributed by atoms with van der Waals surface area (Å²) in [6.45, 7) is 13.6. The highest BCUT2D eigenvalue weighted by atomic mass is 32.2. The largest absolute Gasteiger partial charge is 0.476 e. The van der Waals surface area contributed by atoms with E-state index in [9.17, 15) is 14.0 Å². The van der Waals surface area contributed by atoms with Gasteiger partial charge in [0.15, 0.2) is 16.3 Å². The van der Waals surface area contributed by atoms with Crippen molar-refractivity contribution in [1.29, 1.82) is 0 Å². The van der Waals surface area contributed by atoms with Crippen molar-refractivity contribution in [2.24, 2.45) is 5.41 Å². The van der Waals surface area contributed by atoms with Gasteiger partial charge in [-0.2, -0.15) is 9.97 Å². The van der Waals surface area contributed by atoms with Gasteiger partial charge in [-0.25, -0.2) is 14.5 Å². The number of nitrogens with one attached hydrogen (secondary N) is 1. The number of hydrogen-bond acceptors (Lipinski definition) is 13. The summed E-state index contributed by atoms with van der Waals surface area (Å²) in [4.78, 5) is 37.1. The van der Waals surface area contributed by atoms with Crippen LogP contribution in [-0.2, 0) is 28.1 Å². The fourth-order valence-corrected chi connectivity index (χ4v) is 5.27.